The maximum atomic E-state index is 12.7. The van der Waals surface area contributed by atoms with E-state index in [4.69, 9.17) is 9.47 Å². The number of rotatable bonds is 6. The Morgan fingerprint density at radius 2 is 1.80 bits per heavy atom. The van der Waals surface area contributed by atoms with Crippen molar-refractivity contribution >= 4 is 5.91 Å². The summed E-state index contributed by atoms with van der Waals surface area (Å²) in [6, 6.07) is 17.7. The fourth-order valence-electron chi connectivity index (χ4n) is 3.84. The van der Waals surface area contributed by atoms with Gasteiger partial charge < -0.3 is 14.4 Å². The van der Waals surface area contributed by atoms with E-state index >= 15 is 0 Å². The predicted molar refractivity (Wildman–Crippen MR) is 115 cm³/mol. The van der Waals surface area contributed by atoms with Gasteiger partial charge in [0.05, 0.1) is 17.9 Å². The monoisotopic (exact) mass is 405 g/mol. The van der Waals surface area contributed by atoms with Crippen molar-refractivity contribution in [3.05, 3.63) is 71.5 Å². The topological polar surface area (TPSA) is 56.6 Å². The zero-order valence-corrected chi connectivity index (χ0v) is 17.7. The lowest BCUT2D eigenvalue weighted by Crippen LogP contribution is -2.41. The van der Waals surface area contributed by atoms with Crippen molar-refractivity contribution < 1.29 is 14.3 Å². The van der Waals surface area contributed by atoms with Gasteiger partial charge in [-0.3, -0.25) is 4.79 Å². The molecule has 2 heterocycles. The molecule has 1 aliphatic heterocycles. The van der Waals surface area contributed by atoms with E-state index in [0.717, 1.165) is 34.1 Å². The second-order valence-corrected chi connectivity index (χ2v) is 7.67. The normalized spacial score (nSPS) is 15.1. The van der Waals surface area contributed by atoms with Gasteiger partial charge in [0.1, 0.15) is 6.61 Å². The van der Waals surface area contributed by atoms with E-state index in [2.05, 4.69) is 12.0 Å². The van der Waals surface area contributed by atoms with Crippen molar-refractivity contribution in [2.24, 2.45) is 0 Å². The SMILES string of the molecule is Cc1nn(-c2ccccc2)c(C)c1CCC(=O)N(C)C[C@H]1COc2ccccc2O1. The molecule has 1 aromatic heterocycles. The average Bonchev–Trinajstić information content (AvgIpc) is 3.06. The smallest absolute Gasteiger partial charge is 0.222 e. The van der Waals surface area contributed by atoms with Crippen molar-refractivity contribution in [2.75, 3.05) is 20.2 Å². The van der Waals surface area contributed by atoms with Gasteiger partial charge in [-0.1, -0.05) is 30.3 Å². The van der Waals surface area contributed by atoms with Gasteiger partial charge in [0.25, 0.3) is 0 Å². The van der Waals surface area contributed by atoms with Crippen molar-refractivity contribution in [3.63, 3.8) is 0 Å². The Kier molecular flexibility index (Phi) is 5.74. The van der Waals surface area contributed by atoms with Crippen LogP contribution in [0.5, 0.6) is 11.5 Å². The summed E-state index contributed by atoms with van der Waals surface area (Å²) in [5.41, 5.74) is 4.21. The highest BCUT2D eigenvalue weighted by atomic mass is 16.6. The second kappa shape index (κ2) is 8.61. The van der Waals surface area contributed by atoms with E-state index in [9.17, 15) is 4.79 Å². The van der Waals surface area contributed by atoms with Crippen molar-refractivity contribution in [1.82, 2.24) is 14.7 Å². The molecule has 1 amide bonds. The first kappa shape index (κ1) is 20.0. The van der Waals surface area contributed by atoms with Gasteiger partial charge in [-0.2, -0.15) is 5.10 Å². The fraction of sp³-hybridized carbons (Fsp3) is 0.333. The van der Waals surface area contributed by atoms with Crippen LogP contribution in [0.2, 0.25) is 0 Å². The van der Waals surface area contributed by atoms with Crippen LogP contribution in [0, 0.1) is 13.8 Å². The second-order valence-electron chi connectivity index (χ2n) is 7.67. The minimum absolute atomic E-state index is 0.0868. The molecule has 0 N–H and O–H groups in total. The molecule has 4 rings (SSSR count). The molecular weight excluding hydrogens is 378 g/mol. The third-order valence-corrected chi connectivity index (χ3v) is 5.50. The maximum Gasteiger partial charge on any atom is 0.222 e. The molecule has 0 bridgehead atoms. The number of carbonyl (C=O) groups is 1. The van der Waals surface area contributed by atoms with Crippen LogP contribution in [0.3, 0.4) is 0 Å². The first-order valence-electron chi connectivity index (χ1n) is 10.3. The molecule has 0 spiro atoms. The standard InChI is InChI=1S/C24H27N3O3/c1-17-21(18(2)27(25-17)19-9-5-4-6-10-19)13-14-24(28)26(3)15-20-16-29-22-11-7-8-12-23(22)30-20/h4-12,20H,13-16H2,1-3H3/t20-/m0/s1. The summed E-state index contributed by atoms with van der Waals surface area (Å²) < 4.78 is 13.7. The third kappa shape index (κ3) is 4.17. The molecule has 0 unspecified atom stereocenters. The van der Waals surface area contributed by atoms with Gasteiger partial charge in [0, 0.05) is 19.2 Å². The van der Waals surface area contributed by atoms with Gasteiger partial charge in [0.2, 0.25) is 5.91 Å². The minimum atomic E-state index is -0.168. The van der Waals surface area contributed by atoms with Crippen LogP contribution in [0.1, 0.15) is 23.4 Å². The molecule has 0 saturated carbocycles. The van der Waals surface area contributed by atoms with E-state index in [1.165, 1.54) is 0 Å². The highest BCUT2D eigenvalue weighted by Gasteiger charge is 2.24. The molecule has 0 saturated heterocycles. The molecule has 6 nitrogen and oxygen atoms in total. The Morgan fingerprint density at radius 3 is 2.57 bits per heavy atom. The molecule has 0 aliphatic carbocycles. The molecule has 156 valence electrons. The van der Waals surface area contributed by atoms with Gasteiger partial charge in [-0.05, 0) is 50.1 Å². The van der Waals surface area contributed by atoms with Gasteiger partial charge >= 0.3 is 0 Å². The van der Waals surface area contributed by atoms with E-state index in [0.29, 0.717) is 26.0 Å². The molecule has 2 aromatic carbocycles. The summed E-state index contributed by atoms with van der Waals surface area (Å²) >= 11 is 0. The highest BCUT2D eigenvalue weighted by Crippen LogP contribution is 2.31. The molecular formula is C24H27N3O3. The number of aryl methyl sites for hydroxylation is 1. The minimum Gasteiger partial charge on any atom is -0.486 e. The average molecular weight is 405 g/mol. The number of carbonyl (C=O) groups excluding carboxylic acids is 1. The molecule has 0 fully saturated rings. The van der Waals surface area contributed by atoms with Gasteiger partial charge in [0.15, 0.2) is 17.6 Å². The number of hydrogen-bond donors (Lipinski definition) is 0. The molecule has 0 radical (unpaired) electrons. The Labute approximate surface area is 177 Å². The largest absolute Gasteiger partial charge is 0.486 e. The summed E-state index contributed by atoms with van der Waals surface area (Å²) in [6.45, 7) is 4.99. The number of nitrogens with zero attached hydrogens (tertiary/aromatic N) is 3. The molecule has 1 atom stereocenters. The Balaban J connectivity index is 1.35. The number of benzene rings is 2. The number of amides is 1. The Bertz CT molecular complexity index is 1030. The van der Waals surface area contributed by atoms with Crippen LogP contribution >= 0.6 is 0 Å². The first-order chi connectivity index (χ1) is 14.5. The lowest BCUT2D eigenvalue weighted by Gasteiger charge is -2.29. The summed E-state index contributed by atoms with van der Waals surface area (Å²) in [5, 5.41) is 4.67. The molecule has 30 heavy (non-hydrogen) atoms. The van der Waals surface area contributed by atoms with Crippen molar-refractivity contribution in [1.29, 1.82) is 0 Å². The number of hydrogen-bond acceptors (Lipinski definition) is 4. The summed E-state index contributed by atoms with van der Waals surface area (Å²) in [6.07, 6.45) is 0.930. The maximum absolute atomic E-state index is 12.7. The van der Waals surface area contributed by atoms with Crippen LogP contribution in [0.15, 0.2) is 54.6 Å². The van der Waals surface area contributed by atoms with Crippen LogP contribution in [0.25, 0.3) is 5.69 Å². The summed E-state index contributed by atoms with van der Waals surface area (Å²) in [5.74, 6) is 1.57. The van der Waals surface area contributed by atoms with E-state index in [1.807, 2.05) is 73.3 Å². The van der Waals surface area contributed by atoms with Gasteiger partial charge in [-0.15, -0.1) is 0 Å². The van der Waals surface area contributed by atoms with Crippen molar-refractivity contribution in [3.8, 4) is 17.2 Å². The lowest BCUT2D eigenvalue weighted by atomic mass is 10.1. The lowest BCUT2D eigenvalue weighted by molar-refractivity contribution is -0.131. The Hall–Kier alpha value is -3.28. The number of likely N-dealkylation sites (N-methyl/N-ethyl adjacent to an activating group) is 1. The number of fused-ring (bicyclic) bond motifs is 1. The van der Waals surface area contributed by atoms with Crippen LogP contribution in [-0.4, -0.2) is 46.9 Å². The summed E-state index contributed by atoms with van der Waals surface area (Å²) in [7, 11) is 1.82. The Morgan fingerprint density at radius 1 is 1.10 bits per heavy atom. The van der Waals surface area contributed by atoms with Crippen molar-refractivity contribution in [2.45, 2.75) is 32.8 Å². The fourth-order valence-corrected chi connectivity index (χ4v) is 3.84. The van der Waals surface area contributed by atoms with E-state index < -0.39 is 0 Å². The third-order valence-electron chi connectivity index (χ3n) is 5.50. The zero-order chi connectivity index (χ0) is 21.1. The van der Waals surface area contributed by atoms with Crippen LogP contribution in [-0.2, 0) is 11.2 Å². The number of para-hydroxylation sites is 3. The summed E-state index contributed by atoms with van der Waals surface area (Å²) in [4.78, 5) is 14.5. The highest BCUT2D eigenvalue weighted by molar-refractivity contribution is 5.76. The molecule has 3 aromatic rings. The van der Waals surface area contributed by atoms with E-state index in [1.54, 1.807) is 4.90 Å². The number of ether oxygens (including phenoxy) is 2. The van der Waals surface area contributed by atoms with Gasteiger partial charge in [-0.25, -0.2) is 4.68 Å². The quantitative estimate of drug-likeness (QED) is 0.627. The molecule has 6 heteroatoms. The number of aromatic nitrogens is 2. The van der Waals surface area contributed by atoms with Crippen LogP contribution < -0.4 is 9.47 Å². The predicted octanol–water partition coefficient (Wildman–Crippen LogP) is 3.72. The first-order valence-corrected chi connectivity index (χ1v) is 10.3. The van der Waals surface area contributed by atoms with Crippen LogP contribution in [0.4, 0.5) is 0 Å². The zero-order valence-electron chi connectivity index (χ0n) is 17.7. The molecule has 1 aliphatic rings. The van der Waals surface area contributed by atoms with E-state index in [-0.39, 0.29) is 12.0 Å².